The van der Waals surface area contributed by atoms with Crippen LogP contribution in [0.25, 0.3) is 10.9 Å². The van der Waals surface area contributed by atoms with Gasteiger partial charge >= 0.3 is 0 Å². The number of fused-ring (bicyclic) bond motifs is 1. The topological polar surface area (TPSA) is 53.9 Å². The summed E-state index contributed by atoms with van der Waals surface area (Å²) in [6, 6.07) is 10.6. The van der Waals surface area contributed by atoms with Crippen LogP contribution in [0.2, 0.25) is 0 Å². The van der Waals surface area contributed by atoms with Crippen molar-refractivity contribution in [2.24, 2.45) is 7.05 Å². The van der Waals surface area contributed by atoms with Crippen LogP contribution in [0, 0.1) is 6.92 Å². The SMILES string of the molecule is Cc1cccc2cc(CN3CCCCC3c3ccn(C)n3)c(=O)[nH]c12. The fourth-order valence-electron chi connectivity index (χ4n) is 3.89. The number of benzene rings is 1. The van der Waals surface area contributed by atoms with Gasteiger partial charge in [-0.25, -0.2) is 0 Å². The fraction of sp³-hybridized carbons (Fsp3) is 0.400. The number of likely N-dealkylation sites (tertiary alicyclic amines) is 1. The second kappa shape index (κ2) is 6.48. The van der Waals surface area contributed by atoms with E-state index in [1.807, 2.05) is 43.0 Å². The van der Waals surface area contributed by atoms with Crippen LogP contribution in [0.4, 0.5) is 0 Å². The Kier molecular flexibility index (Phi) is 4.17. The fourth-order valence-corrected chi connectivity index (χ4v) is 3.89. The van der Waals surface area contributed by atoms with Crippen LogP contribution >= 0.6 is 0 Å². The minimum Gasteiger partial charge on any atom is -0.321 e. The van der Waals surface area contributed by atoms with Gasteiger partial charge in [-0.1, -0.05) is 24.6 Å². The van der Waals surface area contributed by atoms with Crippen molar-refractivity contribution in [2.75, 3.05) is 6.54 Å². The second-order valence-corrected chi connectivity index (χ2v) is 7.06. The van der Waals surface area contributed by atoms with E-state index < -0.39 is 0 Å². The van der Waals surface area contributed by atoms with E-state index in [1.54, 1.807) is 0 Å². The van der Waals surface area contributed by atoms with Crippen LogP contribution in [-0.2, 0) is 13.6 Å². The smallest absolute Gasteiger partial charge is 0.252 e. The van der Waals surface area contributed by atoms with Crippen LogP contribution in [0.1, 0.15) is 42.1 Å². The number of hydrogen-bond donors (Lipinski definition) is 1. The van der Waals surface area contributed by atoms with E-state index in [1.165, 1.54) is 12.8 Å². The molecule has 1 fully saturated rings. The first kappa shape index (κ1) is 16.1. The summed E-state index contributed by atoms with van der Waals surface area (Å²) in [7, 11) is 1.95. The third kappa shape index (κ3) is 3.12. The Balaban J connectivity index is 1.67. The molecule has 25 heavy (non-hydrogen) atoms. The zero-order valence-corrected chi connectivity index (χ0v) is 14.8. The summed E-state index contributed by atoms with van der Waals surface area (Å²) >= 11 is 0. The Labute approximate surface area is 147 Å². The van der Waals surface area contributed by atoms with Gasteiger partial charge in [-0.05, 0) is 49.4 Å². The van der Waals surface area contributed by atoms with Crippen LogP contribution in [0.5, 0.6) is 0 Å². The van der Waals surface area contributed by atoms with Gasteiger partial charge in [0, 0.05) is 25.4 Å². The molecular weight excluding hydrogens is 312 g/mol. The maximum absolute atomic E-state index is 12.6. The minimum absolute atomic E-state index is 0.0205. The molecule has 3 heterocycles. The molecule has 2 aromatic heterocycles. The molecular formula is C20H24N4O. The number of hydrogen-bond acceptors (Lipinski definition) is 3. The molecule has 0 spiro atoms. The number of nitrogens with zero attached hydrogens (tertiary/aromatic N) is 3. The summed E-state index contributed by atoms with van der Waals surface area (Å²) in [5.74, 6) is 0. The molecule has 0 bridgehead atoms. The maximum atomic E-state index is 12.6. The van der Waals surface area contributed by atoms with Crippen LogP contribution < -0.4 is 5.56 Å². The molecule has 0 aliphatic carbocycles. The third-order valence-corrected chi connectivity index (χ3v) is 5.23. The average molecular weight is 336 g/mol. The molecule has 0 saturated carbocycles. The van der Waals surface area contributed by atoms with Gasteiger partial charge in [0.1, 0.15) is 0 Å². The quantitative estimate of drug-likeness (QED) is 0.798. The van der Waals surface area contributed by atoms with Crippen LogP contribution in [-0.4, -0.2) is 26.2 Å². The largest absolute Gasteiger partial charge is 0.321 e. The molecule has 5 heteroatoms. The number of nitrogens with one attached hydrogen (secondary N) is 1. The summed E-state index contributed by atoms with van der Waals surface area (Å²) in [6.07, 6.45) is 5.48. The third-order valence-electron chi connectivity index (χ3n) is 5.23. The Bertz CT molecular complexity index is 956. The molecule has 1 saturated heterocycles. The van der Waals surface area contributed by atoms with Gasteiger partial charge in [0.25, 0.3) is 5.56 Å². The van der Waals surface area contributed by atoms with Crippen LogP contribution in [0.3, 0.4) is 0 Å². The molecule has 1 N–H and O–H groups in total. The van der Waals surface area contributed by atoms with E-state index >= 15 is 0 Å². The first-order valence-electron chi connectivity index (χ1n) is 8.97. The zero-order chi connectivity index (χ0) is 17.4. The number of pyridine rings is 1. The predicted molar refractivity (Wildman–Crippen MR) is 99.5 cm³/mol. The number of aromatic amines is 1. The Morgan fingerprint density at radius 2 is 2.16 bits per heavy atom. The lowest BCUT2D eigenvalue weighted by molar-refractivity contribution is 0.136. The highest BCUT2D eigenvalue weighted by Crippen LogP contribution is 2.31. The van der Waals surface area contributed by atoms with Crippen molar-refractivity contribution in [3.8, 4) is 0 Å². The number of H-pyrrole nitrogens is 1. The van der Waals surface area contributed by atoms with Gasteiger partial charge in [0.2, 0.25) is 0 Å². The molecule has 1 aliphatic heterocycles. The standard InChI is InChI=1S/C20H24N4O/c1-14-6-5-7-15-12-16(20(25)21-19(14)15)13-24-10-4-3-8-18(24)17-9-11-23(2)22-17/h5-7,9,11-12,18H,3-4,8,10,13H2,1-2H3,(H,21,25). The highest BCUT2D eigenvalue weighted by molar-refractivity contribution is 5.81. The summed E-state index contributed by atoms with van der Waals surface area (Å²) < 4.78 is 1.85. The normalized spacial score (nSPS) is 18.7. The van der Waals surface area contributed by atoms with E-state index in [2.05, 4.69) is 27.1 Å². The lowest BCUT2D eigenvalue weighted by atomic mass is 9.98. The highest BCUT2D eigenvalue weighted by atomic mass is 16.1. The molecule has 1 aromatic carbocycles. The van der Waals surface area contributed by atoms with Crippen molar-refractivity contribution in [3.63, 3.8) is 0 Å². The van der Waals surface area contributed by atoms with Gasteiger partial charge in [-0.2, -0.15) is 5.10 Å². The van der Waals surface area contributed by atoms with E-state index in [9.17, 15) is 4.79 Å². The first-order chi connectivity index (χ1) is 12.1. The summed E-state index contributed by atoms with van der Waals surface area (Å²) in [5.41, 5.74) is 4.00. The number of piperidine rings is 1. The zero-order valence-electron chi connectivity index (χ0n) is 14.8. The van der Waals surface area contributed by atoms with E-state index in [-0.39, 0.29) is 5.56 Å². The van der Waals surface area contributed by atoms with Crippen molar-refractivity contribution in [2.45, 2.75) is 38.8 Å². The lowest BCUT2D eigenvalue weighted by Crippen LogP contribution is -2.35. The van der Waals surface area contributed by atoms with Gasteiger partial charge < -0.3 is 4.98 Å². The summed E-state index contributed by atoms with van der Waals surface area (Å²) in [4.78, 5) is 18.1. The van der Waals surface area contributed by atoms with Gasteiger partial charge in [-0.3, -0.25) is 14.4 Å². The second-order valence-electron chi connectivity index (χ2n) is 7.06. The van der Waals surface area contributed by atoms with Gasteiger partial charge in [-0.15, -0.1) is 0 Å². The lowest BCUT2D eigenvalue weighted by Gasteiger charge is -2.34. The van der Waals surface area contributed by atoms with Crippen molar-refractivity contribution in [1.29, 1.82) is 0 Å². The van der Waals surface area contributed by atoms with Crippen molar-refractivity contribution < 1.29 is 0 Å². The summed E-state index contributed by atoms with van der Waals surface area (Å²) in [6.45, 7) is 3.70. The number of para-hydroxylation sites is 1. The van der Waals surface area contributed by atoms with E-state index in [4.69, 9.17) is 0 Å². The van der Waals surface area contributed by atoms with Gasteiger partial charge in [0.05, 0.1) is 17.3 Å². The minimum atomic E-state index is 0.0205. The molecule has 0 amide bonds. The first-order valence-corrected chi connectivity index (χ1v) is 8.97. The molecule has 1 unspecified atom stereocenters. The Morgan fingerprint density at radius 1 is 1.28 bits per heavy atom. The summed E-state index contributed by atoms with van der Waals surface area (Å²) in [5, 5.41) is 5.70. The van der Waals surface area contributed by atoms with Gasteiger partial charge in [0.15, 0.2) is 0 Å². The van der Waals surface area contributed by atoms with E-state index in [0.29, 0.717) is 12.6 Å². The maximum Gasteiger partial charge on any atom is 0.252 e. The van der Waals surface area contributed by atoms with Crippen molar-refractivity contribution in [1.82, 2.24) is 19.7 Å². The molecule has 3 aromatic rings. The molecule has 1 atom stereocenters. The Hall–Kier alpha value is -2.40. The predicted octanol–water partition coefficient (Wildman–Crippen LogP) is 3.30. The van der Waals surface area contributed by atoms with E-state index in [0.717, 1.165) is 40.7 Å². The Morgan fingerprint density at radius 3 is 2.96 bits per heavy atom. The van der Waals surface area contributed by atoms with Crippen LogP contribution in [0.15, 0.2) is 41.3 Å². The number of aryl methyl sites for hydroxylation is 2. The van der Waals surface area contributed by atoms with Crippen molar-refractivity contribution >= 4 is 10.9 Å². The molecule has 130 valence electrons. The molecule has 1 aliphatic rings. The monoisotopic (exact) mass is 336 g/mol. The number of aromatic nitrogens is 3. The average Bonchev–Trinajstić information content (AvgIpc) is 3.03. The molecule has 4 rings (SSSR count). The molecule has 5 nitrogen and oxygen atoms in total. The number of rotatable bonds is 3. The highest BCUT2D eigenvalue weighted by Gasteiger charge is 2.26. The van der Waals surface area contributed by atoms with Crippen molar-refractivity contribution in [3.05, 3.63) is 63.7 Å². The molecule has 0 radical (unpaired) electrons.